The Labute approximate surface area is 388 Å². The van der Waals surface area contributed by atoms with Crippen LogP contribution in [-0.2, 0) is 0 Å². The Morgan fingerprint density at radius 2 is 0.642 bits per heavy atom. The first-order chi connectivity index (χ1) is 33.2. The Bertz CT molecular complexity index is 3570. The van der Waals surface area contributed by atoms with Crippen LogP contribution in [0, 0.1) is 0 Å². The molecule has 0 saturated heterocycles. The van der Waals surface area contributed by atoms with E-state index in [4.69, 9.17) is 19.4 Å². The SMILES string of the molecule is c1ccc(-c2ccc(-c3ccccc3-c3cc(-c4ccccc4-c4ccc(-c5ccccc5)nc4)cc(-c4ccccc4-c4ccc(-c5ccc6oc7cccnc7c6c5)nc4)c3)cn2)cc1. The molecule has 0 radical (unpaired) electrons. The molecule has 5 aromatic heterocycles. The van der Waals surface area contributed by atoms with Crippen molar-refractivity contribution in [3.8, 4) is 101 Å². The van der Waals surface area contributed by atoms with E-state index in [0.29, 0.717) is 0 Å². The third-order valence-electron chi connectivity index (χ3n) is 12.5. The van der Waals surface area contributed by atoms with Crippen LogP contribution in [0.3, 0.4) is 0 Å². The summed E-state index contributed by atoms with van der Waals surface area (Å²) in [6, 6.07) is 76.4. The van der Waals surface area contributed by atoms with Crippen LogP contribution in [0.4, 0.5) is 0 Å². The van der Waals surface area contributed by atoms with Gasteiger partial charge in [-0.25, -0.2) is 0 Å². The second kappa shape index (κ2) is 17.1. The highest BCUT2D eigenvalue weighted by Gasteiger charge is 2.18. The van der Waals surface area contributed by atoms with Crippen LogP contribution in [0.25, 0.3) is 123 Å². The highest BCUT2D eigenvalue weighted by atomic mass is 16.3. The second-order valence-electron chi connectivity index (χ2n) is 16.6. The average molecular weight is 857 g/mol. The van der Waals surface area contributed by atoms with E-state index < -0.39 is 0 Å². The zero-order chi connectivity index (χ0) is 44.5. The fourth-order valence-corrected chi connectivity index (χ4v) is 9.20. The molecule has 0 amide bonds. The lowest BCUT2D eigenvalue weighted by molar-refractivity contribution is 0.668. The van der Waals surface area contributed by atoms with E-state index in [1.807, 2.05) is 73.2 Å². The number of fused-ring (bicyclic) bond motifs is 3. The summed E-state index contributed by atoms with van der Waals surface area (Å²) in [5.41, 5.74) is 21.5. The maximum atomic E-state index is 6.06. The Morgan fingerprint density at radius 3 is 1.06 bits per heavy atom. The standard InChI is InChI=1S/C62H40N4O/c1-3-14-41(15-4-1)57-29-25-44(38-64-57)50-18-7-10-21-53(50)47-34-48(54-22-11-8-19-51(54)45-26-30-58(65-39-45)42-16-5-2-6-17-42)36-49(35-47)55-23-12-9-20-52(55)46-27-31-59(66-40-46)43-28-32-60-56(37-43)62-61(67-60)24-13-33-63-62/h1-40H. The fourth-order valence-electron chi connectivity index (χ4n) is 9.20. The number of rotatable bonds is 9. The maximum Gasteiger partial charge on any atom is 0.153 e. The van der Waals surface area contributed by atoms with Crippen molar-refractivity contribution in [1.82, 2.24) is 19.9 Å². The van der Waals surface area contributed by atoms with Crippen LogP contribution in [-0.4, -0.2) is 19.9 Å². The summed E-state index contributed by atoms with van der Waals surface area (Å²) >= 11 is 0. The van der Waals surface area contributed by atoms with Gasteiger partial charge in [-0.2, -0.15) is 0 Å². The van der Waals surface area contributed by atoms with Gasteiger partial charge in [0.25, 0.3) is 0 Å². The highest BCUT2D eigenvalue weighted by Crippen LogP contribution is 2.43. The Hall–Kier alpha value is -9.06. The zero-order valence-electron chi connectivity index (χ0n) is 36.3. The second-order valence-corrected chi connectivity index (χ2v) is 16.6. The lowest BCUT2D eigenvalue weighted by atomic mass is 9.86. The molecule has 0 fully saturated rings. The molecule has 0 spiro atoms. The van der Waals surface area contributed by atoms with Crippen LogP contribution in [0.1, 0.15) is 0 Å². The van der Waals surface area contributed by atoms with Crippen molar-refractivity contribution in [2.24, 2.45) is 0 Å². The van der Waals surface area contributed by atoms with Crippen LogP contribution >= 0.6 is 0 Å². The summed E-state index contributed by atoms with van der Waals surface area (Å²) in [4.78, 5) is 19.5. The molecule has 12 rings (SSSR count). The van der Waals surface area contributed by atoms with E-state index in [9.17, 15) is 0 Å². The molecule has 0 N–H and O–H groups in total. The van der Waals surface area contributed by atoms with E-state index >= 15 is 0 Å². The van der Waals surface area contributed by atoms with Crippen molar-refractivity contribution in [2.75, 3.05) is 0 Å². The molecule has 0 aliphatic carbocycles. The quantitative estimate of drug-likeness (QED) is 0.145. The van der Waals surface area contributed by atoms with Gasteiger partial charge in [-0.1, -0.05) is 152 Å². The number of furan rings is 1. The van der Waals surface area contributed by atoms with Crippen LogP contribution in [0.15, 0.2) is 248 Å². The lowest BCUT2D eigenvalue weighted by Crippen LogP contribution is -1.93. The zero-order valence-corrected chi connectivity index (χ0v) is 36.3. The maximum absolute atomic E-state index is 6.06. The molecule has 67 heavy (non-hydrogen) atoms. The summed E-state index contributed by atoms with van der Waals surface area (Å²) in [7, 11) is 0. The van der Waals surface area contributed by atoms with Gasteiger partial charge in [-0.15, -0.1) is 0 Å². The first-order valence-electron chi connectivity index (χ1n) is 22.4. The predicted octanol–water partition coefficient (Wildman–Crippen LogP) is 16.2. The summed E-state index contributed by atoms with van der Waals surface area (Å²) in [5.74, 6) is 0. The first kappa shape index (κ1) is 39.5. The van der Waals surface area contributed by atoms with Gasteiger partial charge >= 0.3 is 0 Å². The van der Waals surface area contributed by atoms with Gasteiger partial charge in [0.15, 0.2) is 5.58 Å². The number of nitrogens with zero attached hydrogens (tertiary/aromatic N) is 4. The molecule has 5 heterocycles. The van der Waals surface area contributed by atoms with E-state index in [2.05, 4.69) is 169 Å². The van der Waals surface area contributed by atoms with E-state index in [1.165, 1.54) is 0 Å². The first-order valence-corrected chi connectivity index (χ1v) is 22.4. The number of hydrogen-bond donors (Lipinski definition) is 0. The topological polar surface area (TPSA) is 64.7 Å². The smallest absolute Gasteiger partial charge is 0.153 e. The van der Waals surface area contributed by atoms with Crippen molar-refractivity contribution in [3.63, 3.8) is 0 Å². The molecule has 0 aliphatic rings. The Morgan fingerprint density at radius 1 is 0.254 bits per heavy atom. The minimum Gasteiger partial charge on any atom is -0.454 e. The third kappa shape index (κ3) is 7.64. The van der Waals surface area contributed by atoms with Crippen molar-refractivity contribution in [2.45, 2.75) is 0 Å². The third-order valence-corrected chi connectivity index (χ3v) is 12.5. The molecular formula is C62H40N4O. The molecule has 0 saturated carbocycles. The van der Waals surface area contributed by atoms with Gasteiger partial charge in [-0.3, -0.25) is 19.9 Å². The largest absolute Gasteiger partial charge is 0.454 e. The van der Waals surface area contributed by atoms with Crippen molar-refractivity contribution in [3.05, 3.63) is 243 Å². The molecule has 7 aromatic carbocycles. The number of aromatic nitrogens is 4. The minimum atomic E-state index is 0.776. The average Bonchev–Trinajstić information content (AvgIpc) is 3.79. The molecule has 314 valence electrons. The normalized spacial score (nSPS) is 11.3. The number of benzene rings is 7. The van der Waals surface area contributed by atoms with E-state index in [0.717, 1.165) is 123 Å². The van der Waals surface area contributed by atoms with Crippen LogP contribution < -0.4 is 0 Å². The Balaban J connectivity index is 0.977. The van der Waals surface area contributed by atoms with Crippen molar-refractivity contribution < 1.29 is 4.42 Å². The van der Waals surface area contributed by atoms with Gasteiger partial charge in [0.05, 0.1) is 17.1 Å². The Kier molecular flexibility index (Phi) is 10.1. The number of hydrogen-bond acceptors (Lipinski definition) is 5. The molecule has 0 aliphatic heterocycles. The van der Waals surface area contributed by atoms with Gasteiger partial charge in [-0.05, 0) is 117 Å². The minimum absolute atomic E-state index is 0.776. The summed E-state index contributed by atoms with van der Waals surface area (Å²) in [6.45, 7) is 0. The van der Waals surface area contributed by atoms with Gasteiger partial charge in [0, 0.05) is 63.6 Å². The summed E-state index contributed by atoms with van der Waals surface area (Å²) < 4.78 is 6.06. The van der Waals surface area contributed by atoms with Crippen LogP contribution in [0.5, 0.6) is 0 Å². The molecule has 12 aromatic rings. The highest BCUT2D eigenvalue weighted by molar-refractivity contribution is 6.04. The van der Waals surface area contributed by atoms with Gasteiger partial charge in [0.1, 0.15) is 11.1 Å². The van der Waals surface area contributed by atoms with Crippen molar-refractivity contribution >= 4 is 22.1 Å². The summed E-state index contributed by atoms with van der Waals surface area (Å²) in [5, 5.41) is 0.976. The molecule has 0 bridgehead atoms. The van der Waals surface area contributed by atoms with Gasteiger partial charge in [0.2, 0.25) is 0 Å². The monoisotopic (exact) mass is 856 g/mol. The molecule has 5 nitrogen and oxygen atoms in total. The van der Waals surface area contributed by atoms with Crippen LogP contribution in [0.2, 0.25) is 0 Å². The van der Waals surface area contributed by atoms with E-state index in [1.54, 1.807) is 6.20 Å². The molecule has 0 atom stereocenters. The van der Waals surface area contributed by atoms with E-state index in [-0.39, 0.29) is 0 Å². The van der Waals surface area contributed by atoms with Crippen molar-refractivity contribution in [1.29, 1.82) is 0 Å². The predicted molar refractivity (Wildman–Crippen MR) is 274 cm³/mol. The van der Waals surface area contributed by atoms with Gasteiger partial charge < -0.3 is 4.42 Å². The number of pyridine rings is 4. The lowest BCUT2D eigenvalue weighted by Gasteiger charge is -2.18. The summed E-state index contributed by atoms with van der Waals surface area (Å²) in [6.07, 6.45) is 7.77. The fraction of sp³-hybridized carbons (Fsp3) is 0. The molecule has 0 unspecified atom stereocenters. The molecular weight excluding hydrogens is 817 g/mol. The molecule has 5 heteroatoms.